The van der Waals surface area contributed by atoms with Crippen LogP contribution in [0.25, 0.3) is 11.1 Å². The maximum atomic E-state index is 12.1. The lowest BCUT2D eigenvalue weighted by Gasteiger charge is -1.93. The van der Waals surface area contributed by atoms with Gasteiger partial charge in [-0.3, -0.25) is 0 Å². The molecular weight excluding hydrogens is 272 g/mol. The Hall–Kier alpha value is -2.47. The average Bonchev–Trinajstić information content (AvgIpc) is 3.11. The minimum Gasteiger partial charge on any atom is -0.244 e. The predicted octanol–water partition coefficient (Wildman–Crippen LogP) is 2.20. The monoisotopic (exact) mass is 284 g/mol. The summed E-state index contributed by atoms with van der Waals surface area (Å²) in [6.07, 6.45) is 3.85. The molecule has 0 unspecified atom stereocenters. The number of aromatic nitrogens is 4. The molecule has 0 bridgehead atoms. The van der Waals surface area contributed by atoms with Gasteiger partial charge in [-0.25, -0.2) is 4.79 Å². The Labute approximate surface area is 119 Å². The predicted molar refractivity (Wildman–Crippen MR) is 79.0 cm³/mol. The zero-order valence-electron chi connectivity index (χ0n) is 10.6. The SMILES string of the molecule is O=c1n(C/C=C/c2ccccc2)nnn1-c1cccs1. The molecule has 0 aliphatic heterocycles. The van der Waals surface area contributed by atoms with Crippen molar-refractivity contribution >= 4 is 17.4 Å². The van der Waals surface area contributed by atoms with Crippen LogP contribution in [0.3, 0.4) is 0 Å². The lowest BCUT2D eigenvalue weighted by atomic mass is 10.2. The summed E-state index contributed by atoms with van der Waals surface area (Å²) in [6.45, 7) is 0.402. The standard InChI is InChI=1S/C14H12N4OS/c19-14-17(10-4-8-12-6-2-1-3-7-12)15-16-18(14)13-9-5-11-20-13/h1-9,11H,10H2/b8-4+. The van der Waals surface area contributed by atoms with Crippen molar-refractivity contribution in [2.75, 3.05) is 0 Å². The summed E-state index contributed by atoms with van der Waals surface area (Å²) in [5.41, 5.74) is 0.858. The van der Waals surface area contributed by atoms with Crippen molar-refractivity contribution in [3.63, 3.8) is 0 Å². The summed E-state index contributed by atoms with van der Waals surface area (Å²) in [4.78, 5) is 12.1. The van der Waals surface area contributed by atoms with Crippen LogP contribution in [0.15, 0.2) is 58.7 Å². The van der Waals surface area contributed by atoms with E-state index in [1.54, 1.807) is 0 Å². The van der Waals surface area contributed by atoms with E-state index < -0.39 is 0 Å². The van der Waals surface area contributed by atoms with E-state index >= 15 is 0 Å². The fraction of sp³-hybridized carbons (Fsp3) is 0.0714. The molecule has 2 heterocycles. The summed E-state index contributed by atoms with van der Waals surface area (Å²) in [5, 5.41) is 10.4. The first-order chi connectivity index (χ1) is 9.84. The van der Waals surface area contributed by atoms with E-state index in [1.807, 2.05) is 60.0 Å². The Kier molecular flexibility index (Phi) is 3.56. The molecule has 0 saturated heterocycles. The second-order valence-electron chi connectivity index (χ2n) is 4.12. The zero-order chi connectivity index (χ0) is 13.8. The van der Waals surface area contributed by atoms with Gasteiger partial charge >= 0.3 is 5.69 Å². The smallest absolute Gasteiger partial charge is 0.244 e. The third-order valence-electron chi connectivity index (χ3n) is 2.74. The van der Waals surface area contributed by atoms with Gasteiger partial charge in [-0.2, -0.15) is 9.36 Å². The zero-order valence-corrected chi connectivity index (χ0v) is 11.4. The van der Waals surface area contributed by atoms with Crippen molar-refractivity contribution in [3.05, 3.63) is 70.0 Å². The number of rotatable bonds is 4. The highest BCUT2D eigenvalue weighted by Gasteiger charge is 2.07. The van der Waals surface area contributed by atoms with Gasteiger partial charge in [0.05, 0.1) is 6.54 Å². The van der Waals surface area contributed by atoms with Crippen molar-refractivity contribution in [1.82, 2.24) is 19.8 Å². The molecule has 0 radical (unpaired) electrons. The minimum atomic E-state index is -0.231. The molecular formula is C14H12N4OS. The summed E-state index contributed by atoms with van der Waals surface area (Å²) in [7, 11) is 0. The van der Waals surface area contributed by atoms with Gasteiger partial charge in [0.2, 0.25) is 0 Å². The molecule has 3 rings (SSSR count). The second-order valence-corrected chi connectivity index (χ2v) is 5.05. The van der Waals surface area contributed by atoms with Gasteiger partial charge in [-0.15, -0.1) is 11.3 Å². The van der Waals surface area contributed by atoms with E-state index in [-0.39, 0.29) is 5.69 Å². The highest BCUT2D eigenvalue weighted by atomic mass is 32.1. The summed E-state index contributed by atoms with van der Waals surface area (Å²) in [6, 6.07) is 13.6. The Morgan fingerprint density at radius 2 is 1.95 bits per heavy atom. The van der Waals surface area contributed by atoms with Crippen LogP contribution < -0.4 is 5.69 Å². The molecule has 2 aromatic heterocycles. The van der Waals surface area contributed by atoms with E-state index in [2.05, 4.69) is 10.4 Å². The van der Waals surface area contributed by atoms with Gasteiger partial charge in [0, 0.05) is 0 Å². The number of hydrogen-bond donors (Lipinski definition) is 0. The van der Waals surface area contributed by atoms with Crippen LogP contribution in [0.5, 0.6) is 0 Å². The first-order valence-corrected chi connectivity index (χ1v) is 7.01. The van der Waals surface area contributed by atoms with Crippen molar-refractivity contribution in [2.24, 2.45) is 0 Å². The third kappa shape index (κ3) is 2.60. The Morgan fingerprint density at radius 1 is 1.10 bits per heavy atom. The van der Waals surface area contributed by atoms with Gasteiger partial charge in [0.1, 0.15) is 5.00 Å². The van der Waals surface area contributed by atoms with Crippen molar-refractivity contribution in [2.45, 2.75) is 6.54 Å². The number of allylic oxidation sites excluding steroid dienone is 1. The van der Waals surface area contributed by atoms with Crippen molar-refractivity contribution in [3.8, 4) is 5.00 Å². The van der Waals surface area contributed by atoms with Gasteiger partial charge < -0.3 is 0 Å². The molecule has 0 N–H and O–H groups in total. The summed E-state index contributed by atoms with van der Waals surface area (Å²) >= 11 is 1.45. The van der Waals surface area contributed by atoms with Gasteiger partial charge in [0.15, 0.2) is 0 Å². The molecule has 0 aliphatic carbocycles. The average molecular weight is 284 g/mol. The van der Waals surface area contributed by atoms with E-state index in [0.717, 1.165) is 10.6 Å². The highest BCUT2D eigenvalue weighted by Crippen LogP contribution is 2.10. The number of nitrogens with zero attached hydrogens (tertiary/aromatic N) is 4. The quantitative estimate of drug-likeness (QED) is 0.738. The molecule has 0 spiro atoms. The van der Waals surface area contributed by atoms with E-state index in [0.29, 0.717) is 6.54 Å². The van der Waals surface area contributed by atoms with Crippen LogP contribution in [0.1, 0.15) is 5.56 Å². The number of benzene rings is 1. The lowest BCUT2D eigenvalue weighted by Crippen LogP contribution is -2.23. The maximum absolute atomic E-state index is 12.1. The second kappa shape index (κ2) is 5.66. The van der Waals surface area contributed by atoms with Crippen LogP contribution >= 0.6 is 11.3 Å². The van der Waals surface area contributed by atoms with Crippen LogP contribution in [-0.2, 0) is 6.54 Å². The Balaban J connectivity index is 1.76. The minimum absolute atomic E-state index is 0.231. The largest absolute Gasteiger partial charge is 0.369 e. The van der Waals surface area contributed by atoms with E-state index in [1.165, 1.54) is 20.7 Å². The molecule has 6 heteroatoms. The summed E-state index contributed by atoms with van der Waals surface area (Å²) < 4.78 is 2.64. The van der Waals surface area contributed by atoms with Gasteiger partial charge in [0.25, 0.3) is 0 Å². The van der Waals surface area contributed by atoms with E-state index in [4.69, 9.17) is 0 Å². The molecule has 0 amide bonds. The molecule has 20 heavy (non-hydrogen) atoms. The molecule has 0 atom stereocenters. The number of tetrazole rings is 1. The van der Waals surface area contributed by atoms with Crippen LogP contribution in [0.4, 0.5) is 0 Å². The Bertz CT molecular complexity index is 756. The molecule has 5 nitrogen and oxygen atoms in total. The van der Waals surface area contributed by atoms with Gasteiger partial charge in [-0.05, 0) is 33.5 Å². The number of hydrogen-bond acceptors (Lipinski definition) is 4. The summed E-state index contributed by atoms with van der Waals surface area (Å²) in [5.74, 6) is 0. The molecule has 100 valence electrons. The first kappa shape index (κ1) is 12.6. The third-order valence-corrected chi connectivity index (χ3v) is 3.59. The lowest BCUT2D eigenvalue weighted by molar-refractivity contribution is 0.644. The number of thiophene rings is 1. The van der Waals surface area contributed by atoms with Crippen LogP contribution in [0.2, 0.25) is 0 Å². The maximum Gasteiger partial charge on any atom is 0.369 e. The molecule has 3 aromatic rings. The van der Waals surface area contributed by atoms with Crippen LogP contribution in [-0.4, -0.2) is 19.8 Å². The molecule has 0 aliphatic rings. The molecule has 0 saturated carbocycles. The highest BCUT2D eigenvalue weighted by molar-refractivity contribution is 7.12. The van der Waals surface area contributed by atoms with Crippen LogP contribution in [0, 0.1) is 0 Å². The van der Waals surface area contributed by atoms with Crippen molar-refractivity contribution < 1.29 is 0 Å². The first-order valence-electron chi connectivity index (χ1n) is 6.13. The fourth-order valence-corrected chi connectivity index (χ4v) is 2.44. The fourth-order valence-electron chi connectivity index (χ4n) is 1.77. The molecule has 1 aromatic carbocycles. The normalized spacial score (nSPS) is 11.2. The van der Waals surface area contributed by atoms with Gasteiger partial charge in [-0.1, -0.05) is 42.5 Å². The molecule has 0 fully saturated rings. The van der Waals surface area contributed by atoms with E-state index in [9.17, 15) is 4.79 Å². The topological polar surface area (TPSA) is 52.7 Å². The van der Waals surface area contributed by atoms with Crippen molar-refractivity contribution in [1.29, 1.82) is 0 Å². The Morgan fingerprint density at radius 3 is 2.70 bits per heavy atom.